The fraction of sp³-hybridized carbons (Fsp3) is 0.600. The normalized spacial score (nSPS) is 19.9. The summed E-state index contributed by atoms with van der Waals surface area (Å²) in [6, 6.07) is 3.51. The zero-order valence-electron chi connectivity index (χ0n) is 12.9. The Morgan fingerprint density at radius 1 is 1.04 bits per heavy atom. The molecule has 23 heavy (non-hydrogen) atoms. The van der Waals surface area contributed by atoms with Crippen molar-refractivity contribution in [1.82, 2.24) is 14.7 Å². The molecule has 3 rings (SSSR count). The van der Waals surface area contributed by atoms with E-state index in [1.54, 1.807) is 12.1 Å². The molecule has 2 amide bonds. The number of rotatable bonds is 3. The molecule has 0 unspecified atom stereocenters. The first-order chi connectivity index (χ1) is 11.1. The molecule has 0 aliphatic carbocycles. The number of ether oxygens (including phenoxy) is 1. The molecule has 2 aliphatic heterocycles. The highest BCUT2D eigenvalue weighted by Gasteiger charge is 2.26. The third-order valence-electron chi connectivity index (χ3n) is 4.17. The maximum absolute atomic E-state index is 12.4. The minimum Gasteiger partial charge on any atom is -0.378 e. The van der Waals surface area contributed by atoms with Crippen LogP contribution in [0.4, 0.5) is 0 Å². The average Bonchev–Trinajstić information content (AvgIpc) is 3.02. The van der Waals surface area contributed by atoms with Gasteiger partial charge in [0.1, 0.15) is 0 Å². The van der Waals surface area contributed by atoms with Gasteiger partial charge in [0.15, 0.2) is 0 Å². The van der Waals surface area contributed by atoms with E-state index in [2.05, 4.69) is 4.90 Å². The van der Waals surface area contributed by atoms with Crippen LogP contribution in [0.2, 0.25) is 4.34 Å². The Hall–Kier alpha value is -1.15. The van der Waals surface area contributed by atoms with Crippen LogP contribution in [0.1, 0.15) is 9.67 Å². The van der Waals surface area contributed by atoms with E-state index in [4.69, 9.17) is 16.3 Å². The fourth-order valence-corrected chi connectivity index (χ4v) is 3.81. The second kappa shape index (κ2) is 7.61. The zero-order chi connectivity index (χ0) is 16.2. The lowest BCUT2D eigenvalue weighted by Gasteiger charge is -2.35. The highest BCUT2D eigenvalue weighted by Crippen LogP contribution is 2.23. The van der Waals surface area contributed by atoms with Crippen LogP contribution < -0.4 is 0 Å². The summed E-state index contributed by atoms with van der Waals surface area (Å²) in [5, 5.41) is 0. The van der Waals surface area contributed by atoms with Gasteiger partial charge in [-0.3, -0.25) is 14.5 Å². The van der Waals surface area contributed by atoms with E-state index >= 15 is 0 Å². The van der Waals surface area contributed by atoms with Crippen LogP contribution in [-0.4, -0.2) is 85.5 Å². The first-order valence-electron chi connectivity index (χ1n) is 7.76. The topological polar surface area (TPSA) is 53.1 Å². The number of carbonyl (C=O) groups is 2. The van der Waals surface area contributed by atoms with Gasteiger partial charge in [-0.05, 0) is 12.1 Å². The third-order valence-corrected chi connectivity index (χ3v) is 5.39. The van der Waals surface area contributed by atoms with Crippen molar-refractivity contribution in [1.29, 1.82) is 0 Å². The van der Waals surface area contributed by atoms with Gasteiger partial charge in [-0.1, -0.05) is 11.6 Å². The van der Waals surface area contributed by atoms with Crippen molar-refractivity contribution in [2.45, 2.75) is 0 Å². The molecule has 0 N–H and O–H groups in total. The molecule has 0 atom stereocenters. The summed E-state index contributed by atoms with van der Waals surface area (Å²) >= 11 is 7.19. The van der Waals surface area contributed by atoms with Gasteiger partial charge in [0, 0.05) is 39.3 Å². The van der Waals surface area contributed by atoms with Gasteiger partial charge < -0.3 is 14.5 Å². The van der Waals surface area contributed by atoms with Gasteiger partial charge in [0.2, 0.25) is 5.91 Å². The second-order valence-corrected chi connectivity index (χ2v) is 7.38. The molecule has 0 bridgehead atoms. The molecular formula is C15H20ClN3O3S. The summed E-state index contributed by atoms with van der Waals surface area (Å²) in [6.07, 6.45) is 0. The average molecular weight is 358 g/mol. The molecule has 2 fully saturated rings. The Morgan fingerprint density at radius 3 is 2.35 bits per heavy atom. The minimum atomic E-state index is 0.0288. The molecule has 1 aromatic rings. The fourth-order valence-electron chi connectivity index (χ4n) is 2.80. The number of thiophene rings is 1. The number of piperazine rings is 1. The van der Waals surface area contributed by atoms with E-state index in [0.29, 0.717) is 55.2 Å². The quantitative estimate of drug-likeness (QED) is 0.810. The van der Waals surface area contributed by atoms with Gasteiger partial charge in [0.25, 0.3) is 5.91 Å². The number of morpholine rings is 1. The lowest BCUT2D eigenvalue weighted by atomic mass is 10.2. The number of carbonyl (C=O) groups excluding carboxylic acids is 2. The lowest BCUT2D eigenvalue weighted by molar-refractivity contribution is -0.136. The highest BCUT2D eigenvalue weighted by molar-refractivity contribution is 7.17. The van der Waals surface area contributed by atoms with Crippen molar-refractivity contribution in [3.8, 4) is 0 Å². The summed E-state index contributed by atoms with van der Waals surface area (Å²) in [5.74, 6) is 0.180. The van der Waals surface area contributed by atoms with Crippen LogP contribution in [0.3, 0.4) is 0 Å². The number of halogens is 1. The van der Waals surface area contributed by atoms with Crippen LogP contribution >= 0.6 is 22.9 Å². The summed E-state index contributed by atoms with van der Waals surface area (Å²) < 4.78 is 5.89. The van der Waals surface area contributed by atoms with Gasteiger partial charge in [-0.15, -0.1) is 11.3 Å². The van der Waals surface area contributed by atoms with Crippen LogP contribution in [0.15, 0.2) is 12.1 Å². The van der Waals surface area contributed by atoms with E-state index in [9.17, 15) is 9.59 Å². The first-order valence-corrected chi connectivity index (χ1v) is 8.95. The molecule has 8 heteroatoms. The van der Waals surface area contributed by atoms with Gasteiger partial charge in [-0.25, -0.2) is 0 Å². The number of hydrogen-bond acceptors (Lipinski definition) is 5. The first kappa shape index (κ1) is 16.7. The second-order valence-electron chi connectivity index (χ2n) is 5.67. The summed E-state index contributed by atoms with van der Waals surface area (Å²) in [4.78, 5) is 31.1. The highest BCUT2D eigenvalue weighted by atomic mass is 35.5. The number of amides is 2. The summed E-state index contributed by atoms with van der Waals surface area (Å²) in [6.45, 7) is 5.76. The Balaban J connectivity index is 1.46. The van der Waals surface area contributed by atoms with Crippen LogP contribution in [0.25, 0.3) is 0 Å². The van der Waals surface area contributed by atoms with Crippen LogP contribution in [0.5, 0.6) is 0 Å². The van der Waals surface area contributed by atoms with E-state index in [1.165, 1.54) is 11.3 Å². The molecule has 0 aromatic carbocycles. The van der Waals surface area contributed by atoms with Crippen molar-refractivity contribution >= 4 is 34.8 Å². The molecule has 0 spiro atoms. The third kappa shape index (κ3) is 4.23. The van der Waals surface area contributed by atoms with E-state index < -0.39 is 0 Å². The smallest absolute Gasteiger partial charge is 0.264 e. The van der Waals surface area contributed by atoms with Crippen molar-refractivity contribution in [3.63, 3.8) is 0 Å². The molecule has 0 radical (unpaired) electrons. The van der Waals surface area contributed by atoms with Crippen LogP contribution in [-0.2, 0) is 9.53 Å². The summed E-state index contributed by atoms with van der Waals surface area (Å²) in [7, 11) is 0. The Labute approximate surface area is 144 Å². The van der Waals surface area contributed by atoms with Crippen LogP contribution in [0, 0.1) is 0 Å². The van der Waals surface area contributed by atoms with E-state index in [0.717, 1.165) is 13.1 Å². The molecule has 1 aromatic heterocycles. The monoisotopic (exact) mass is 357 g/mol. The van der Waals surface area contributed by atoms with Crippen molar-refractivity contribution < 1.29 is 14.3 Å². The predicted octanol–water partition coefficient (Wildman–Crippen LogP) is 1.02. The lowest BCUT2D eigenvalue weighted by Crippen LogP contribution is -2.52. The molecule has 126 valence electrons. The number of nitrogens with zero attached hydrogens (tertiary/aromatic N) is 3. The Kier molecular flexibility index (Phi) is 5.53. The molecular weight excluding hydrogens is 338 g/mol. The predicted molar refractivity (Wildman–Crippen MR) is 89.1 cm³/mol. The molecule has 3 heterocycles. The van der Waals surface area contributed by atoms with E-state index in [-0.39, 0.29) is 11.8 Å². The number of hydrogen-bond donors (Lipinski definition) is 0. The maximum atomic E-state index is 12.4. The minimum absolute atomic E-state index is 0.0288. The Bertz CT molecular complexity index is 566. The summed E-state index contributed by atoms with van der Waals surface area (Å²) in [5.41, 5.74) is 0. The molecule has 6 nitrogen and oxygen atoms in total. The van der Waals surface area contributed by atoms with Crippen molar-refractivity contribution in [2.75, 3.05) is 59.0 Å². The Morgan fingerprint density at radius 2 is 1.74 bits per heavy atom. The zero-order valence-corrected chi connectivity index (χ0v) is 14.4. The molecule has 0 saturated carbocycles. The maximum Gasteiger partial charge on any atom is 0.264 e. The molecule has 2 saturated heterocycles. The standard InChI is InChI=1S/C15H20ClN3O3S/c16-13-2-1-12(23-13)15(21)19-5-3-17(4-6-19)11-14(20)18-7-9-22-10-8-18/h1-2H,3-11H2. The van der Waals surface area contributed by atoms with Crippen molar-refractivity contribution in [2.24, 2.45) is 0 Å². The van der Waals surface area contributed by atoms with Gasteiger partial charge in [0.05, 0.1) is 29.0 Å². The van der Waals surface area contributed by atoms with Gasteiger partial charge >= 0.3 is 0 Å². The largest absolute Gasteiger partial charge is 0.378 e. The SMILES string of the molecule is O=C(CN1CCN(C(=O)c2ccc(Cl)s2)CC1)N1CCOCC1. The van der Waals surface area contributed by atoms with E-state index in [1.807, 2.05) is 9.80 Å². The van der Waals surface area contributed by atoms with Crippen molar-refractivity contribution in [3.05, 3.63) is 21.3 Å². The van der Waals surface area contributed by atoms with Gasteiger partial charge in [-0.2, -0.15) is 0 Å². The molecule has 2 aliphatic rings.